The van der Waals surface area contributed by atoms with Crippen LogP contribution in [0.4, 0.5) is 4.79 Å². The zero-order chi connectivity index (χ0) is 7.72. The molecule has 1 aliphatic heterocycles. The summed E-state index contributed by atoms with van der Waals surface area (Å²) in [6, 6.07) is -0.665. The number of nitrogens with one attached hydrogen (secondary N) is 1. The number of likely N-dealkylation sites (N-methyl/N-ethyl adjacent to an activating group) is 1. The van der Waals surface area contributed by atoms with E-state index in [9.17, 15) is 9.59 Å². The van der Waals surface area contributed by atoms with E-state index in [0.29, 0.717) is 5.33 Å². The molecule has 0 aliphatic carbocycles. The minimum atomic E-state index is -0.340. The summed E-state index contributed by atoms with van der Waals surface area (Å²) in [5.41, 5.74) is 0. The molecular formula is C5H7BrN2O2. The Kier molecular flexibility index (Phi) is 1.94. The van der Waals surface area contributed by atoms with E-state index < -0.39 is 0 Å². The van der Waals surface area contributed by atoms with Crippen molar-refractivity contribution >= 4 is 27.9 Å². The first kappa shape index (κ1) is 7.53. The smallest absolute Gasteiger partial charge is 0.315 e. The number of amides is 3. The van der Waals surface area contributed by atoms with E-state index in [1.165, 1.54) is 4.90 Å². The van der Waals surface area contributed by atoms with Gasteiger partial charge in [0, 0.05) is 12.4 Å². The molecule has 0 spiro atoms. The van der Waals surface area contributed by atoms with Crippen molar-refractivity contribution in [2.45, 2.75) is 6.04 Å². The highest BCUT2D eigenvalue weighted by Gasteiger charge is 2.34. The fourth-order valence-electron chi connectivity index (χ4n) is 0.768. The molecular weight excluding hydrogens is 200 g/mol. The first-order chi connectivity index (χ1) is 4.66. The van der Waals surface area contributed by atoms with E-state index in [-0.39, 0.29) is 18.0 Å². The molecule has 1 saturated heterocycles. The van der Waals surface area contributed by atoms with Crippen LogP contribution in [-0.4, -0.2) is 35.3 Å². The monoisotopic (exact) mass is 206 g/mol. The summed E-state index contributed by atoms with van der Waals surface area (Å²) < 4.78 is 0. The van der Waals surface area contributed by atoms with Crippen LogP contribution in [-0.2, 0) is 4.79 Å². The Morgan fingerprint density at radius 3 is 2.50 bits per heavy atom. The van der Waals surface area contributed by atoms with Gasteiger partial charge in [0.2, 0.25) is 0 Å². The molecule has 1 heterocycles. The minimum Gasteiger partial charge on any atom is -0.315 e. The van der Waals surface area contributed by atoms with E-state index in [1.807, 2.05) is 0 Å². The van der Waals surface area contributed by atoms with Crippen LogP contribution in [0.3, 0.4) is 0 Å². The lowest BCUT2D eigenvalue weighted by molar-refractivity contribution is -0.120. The zero-order valence-corrected chi connectivity index (χ0v) is 7.01. The number of hydrogen-bond acceptors (Lipinski definition) is 2. The van der Waals surface area contributed by atoms with Crippen LogP contribution >= 0.6 is 15.9 Å². The molecule has 5 heteroatoms. The first-order valence-corrected chi connectivity index (χ1v) is 3.92. The normalized spacial score (nSPS) is 25.4. The van der Waals surface area contributed by atoms with Crippen molar-refractivity contribution in [2.75, 3.05) is 12.4 Å². The van der Waals surface area contributed by atoms with Crippen molar-refractivity contribution in [2.24, 2.45) is 0 Å². The van der Waals surface area contributed by atoms with Crippen LogP contribution in [0, 0.1) is 0 Å². The molecule has 0 aromatic carbocycles. The summed E-state index contributed by atoms with van der Waals surface area (Å²) >= 11 is 3.13. The lowest BCUT2D eigenvalue weighted by Gasteiger charge is -2.11. The van der Waals surface area contributed by atoms with Gasteiger partial charge >= 0.3 is 6.03 Å². The second-order valence-electron chi connectivity index (χ2n) is 2.08. The number of alkyl halides is 1. The molecule has 3 amide bonds. The third kappa shape index (κ3) is 1.01. The summed E-state index contributed by atoms with van der Waals surface area (Å²) in [5.74, 6) is -0.232. The number of carbonyl (C=O) groups excluding carboxylic acids is 2. The van der Waals surface area contributed by atoms with Crippen molar-refractivity contribution in [1.82, 2.24) is 10.2 Å². The van der Waals surface area contributed by atoms with Crippen molar-refractivity contribution in [1.29, 1.82) is 0 Å². The number of rotatable bonds is 1. The van der Waals surface area contributed by atoms with Gasteiger partial charge in [0.1, 0.15) is 6.04 Å². The molecule has 10 heavy (non-hydrogen) atoms. The topological polar surface area (TPSA) is 49.4 Å². The Labute approximate surface area is 66.7 Å². The highest BCUT2D eigenvalue weighted by molar-refractivity contribution is 9.09. The van der Waals surface area contributed by atoms with Crippen LogP contribution in [0.15, 0.2) is 0 Å². The van der Waals surface area contributed by atoms with E-state index in [4.69, 9.17) is 0 Å². The Bertz CT molecular complexity index is 182. The summed E-state index contributed by atoms with van der Waals surface area (Å²) in [4.78, 5) is 22.9. The largest absolute Gasteiger partial charge is 0.324 e. The van der Waals surface area contributed by atoms with Gasteiger partial charge in [-0.2, -0.15) is 0 Å². The average Bonchev–Trinajstić information content (AvgIpc) is 2.09. The van der Waals surface area contributed by atoms with Gasteiger partial charge in [-0.15, -0.1) is 0 Å². The van der Waals surface area contributed by atoms with Crippen LogP contribution in [0.25, 0.3) is 0 Å². The molecule has 1 atom stereocenters. The molecule has 1 N–H and O–H groups in total. The number of urea groups is 1. The second-order valence-corrected chi connectivity index (χ2v) is 2.72. The van der Waals surface area contributed by atoms with Crippen molar-refractivity contribution < 1.29 is 9.59 Å². The SMILES string of the molecule is CN1C(=O)NC(=O)C1CBr. The molecule has 1 aliphatic rings. The van der Waals surface area contributed by atoms with Gasteiger partial charge in [0.15, 0.2) is 0 Å². The van der Waals surface area contributed by atoms with E-state index in [1.54, 1.807) is 7.05 Å². The van der Waals surface area contributed by atoms with Gasteiger partial charge in [0.25, 0.3) is 5.91 Å². The van der Waals surface area contributed by atoms with Crippen LogP contribution in [0.5, 0.6) is 0 Å². The third-order valence-electron chi connectivity index (χ3n) is 1.47. The highest BCUT2D eigenvalue weighted by Crippen LogP contribution is 2.07. The Morgan fingerprint density at radius 1 is 1.70 bits per heavy atom. The van der Waals surface area contributed by atoms with E-state index >= 15 is 0 Å². The number of halogens is 1. The van der Waals surface area contributed by atoms with Crippen LogP contribution < -0.4 is 5.32 Å². The Hall–Kier alpha value is -0.580. The standard InChI is InChI=1S/C5H7BrN2O2/c1-8-3(2-6)4(9)7-5(8)10/h3H,2H2,1H3,(H,7,9,10). The van der Waals surface area contributed by atoms with E-state index in [2.05, 4.69) is 21.2 Å². The molecule has 0 radical (unpaired) electrons. The second kappa shape index (κ2) is 2.57. The Balaban J connectivity index is 2.73. The quantitative estimate of drug-likeness (QED) is 0.483. The maximum Gasteiger partial charge on any atom is 0.324 e. The van der Waals surface area contributed by atoms with E-state index in [0.717, 1.165) is 0 Å². The van der Waals surface area contributed by atoms with Gasteiger partial charge in [-0.1, -0.05) is 15.9 Å². The maximum absolute atomic E-state index is 10.8. The predicted octanol–water partition coefficient (Wildman–Crippen LogP) is -0.0685. The van der Waals surface area contributed by atoms with Gasteiger partial charge in [-0.25, -0.2) is 4.79 Å². The van der Waals surface area contributed by atoms with Gasteiger partial charge in [0.05, 0.1) is 0 Å². The molecule has 56 valence electrons. The molecule has 0 bridgehead atoms. The minimum absolute atomic E-state index is 0.232. The van der Waals surface area contributed by atoms with Gasteiger partial charge < -0.3 is 4.90 Å². The molecule has 4 nitrogen and oxygen atoms in total. The van der Waals surface area contributed by atoms with Crippen LogP contribution in [0.1, 0.15) is 0 Å². The fourth-order valence-corrected chi connectivity index (χ4v) is 1.50. The molecule has 0 aromatic heterocycles. The molecule has 1 fully saturated rings. The molecule has 1 unspecified atom stereocenters. The average molecular weight is 207 g/mol. The lowest BCUT2D eigenvalue weighted by atomic mass is 10.3. The third-order valence-corrected chi connectivity index (χ3v) is 2.08. The zero-order valence-electron chi connectivity index (χ0n) is 5.43. The fraction of sp³-hybridized carbons (Fsp3) is 0.600. The summed E-state index contributed by atoms with van der Waals surface area (Å²) in [6.45, 7) is 0. The highest BCUT2D eigenvalue weighted by atomic mass is 79.9. The summed E-state index contributed by atoms with van der Waals surface area (Å²) in [5, 5.41) is 2.67. The van der Waals surface area contributed by atoms with Crippen LogP contribution in [0.2, 0.25) is 0 Å². The number of imide groups is 1. The molecule has 0 saturated carbocycles. The van der Waals surface area contributed by atoms with Gasteiger partial charge in [-0.05, 0) is 0 Å². The summed E-state index contributed by atoms with van der Waals surface area (Å²) in [6.07, 6.45) is 0. The Morgan fingerprint density at radius 2 is 2.30 bits per heavy atom. The maximum atomic E-state index is 10.8. The first-order valence-electron chi connectivity index (χ1n) is 2.80. The van der Waals surface area contributed by atoms with Crippen molar-refractivity contribution in [3.63, 3.8) is 0 Å². The van der Waals surface area contributed by atoms with Crippen molar-refractivity contribution in [3.8, 4) is 0 Å². The lowest BCUT2D eigenvalue weighted by Crippen LogP contribution is -2.32. The number of nitrogens with zero attached hydrogens (tertiary/aromatic N) is 1. The molecule has 1 rings (SSSR count). The number of hydrogen-bond donors (Lipinski definition) is 1. The van der Waals surface area contributed by atoms with Gasteiger partial charge in [-0.3, -0.25) is 10.1 Å². The number of carbonyl (C=O) groups is 2. The molecule has 0 aromatic rings. The predicted molar refractivity (Wildman–Crippen MR) is 38.9 cm³/mol. The van der Waals surface area contributed by atoms with Crippen molar-refractivity contribution in [3.05, 3.63) is 0 Å². The summed E-state index contributed by atoms with van der Waals surface area (Å²) in [7, 11) is 1.59.